The molecule has 2 amide bonds. The van der Waals surface area contributed by atoms with Crippen LogP contribution in [0.15, 0.2) is 0 Å². The number of nitrogens with one attached hydrogen (secondary N) is 2. The van der Waals surface area contributed by atoms with Crippen molar-refractivity contribution in [2.45, 2.75) is 57.4 Å². The number of ether oxygens (including phenoxy) is 1. The van der Waals surface area contributed by atoms with Crippen molar-refractivity contribution in [2.24, 2.45) is 5.41 Å². The zero-order chi connectivity index (χ0) is 15.3. The zero-order valence-electron chi connectivity index (χ0n) is 12.7. The molecule has 1 aliphatic heterocycles. The first-order valence-corrected chi connectivity index (χ1v) is 7.79. The summed E-state index contributed by atoms with van der Waals surface area (Å²) in [5.41, 5.74) is -0.592. The van der Waals surface area contributed by atoms with E-state index in [1.807, 2.05) is 6.92 Å². The number of carboxylic acids is 1. The van der Waals surface area contributed by atoms with E-state index >= 15 is 0 Å². The predicted molar refractivity (Wildman–Crippen MR) is 78.1 cm³/mol. The van der Waals surface area contributed by atoms with Crippen LogP contribution in [0.25, 0.3) is 0 Å². The van der Waals surface area contributed by atoms with Crippen LogP contribution in [0.2, 0.25) is 0 Å². The highest BCUT2D eigenvalue weighted by Crippen LogP contribution is 2.38. The SMILES string of the molecule is CC1(NC(=O)NCC2(CC(=O)O)CCCCC2)CCOC1. The highest BCUT2D eigenvalue weighted by atomic mass is 16.5. The monoisotopic (exact) mass is 298 g/mol. The molecule has 0 radical (unpaired) electrons. The van der Waals surface area contributed by atoms with Crippen LogP contribution in [0.5, 0.6) is 0 Å². The molecule has 21 heavy (non-hydrogen) atoms. The third-order valence-electron chi connectivity index (χ3n) is 4.70. The highest BCUT2D eigenvalue weighted by molar-refractivity contribution is 5.75. The van der Waals surface area contributed by atoms with Gasteiger partial charge in [-0.2, -0.15) is 0 Å². The number of aliphatic carboxylic acids is 1. The smallest absolute Gasteiger partial charge is 0.315 e. The van der Waals surface area contributed by atoms with Gasteiger partial charge in [0.25, 0.3) is 0 Å². The van der Waals surface area contributed by atoms with Crippen LogP contribution in [0.1, 0.15) is 51.9 Å². The van der Waals surface area contributed by atoms with Gasteiger partial charge in [-0.3, -0.25) is 4.79 Å². The lowest BCUT2D eigenvalue weighted by atomic mass is 9.72. The fraction of sp³-hybridized carbons (Fsp3) is 0.867. The fourth-order valence-corrected chi connectivity index (χ4v) is 3.39. The summed E-state index contributed by atoms with van der Waals surface area (Å²) < 4.78 is 5.31. The molecule has 1 aliphatic carbocycles. The molecule has 2 aliphatic rings. The first-order chi connectivity index (χ1) is 9.93. The molecule has 0 spiro atoms. The summed E-state index contributed by atoms with van der Waals surface area (Å²) in [6.07, 6.45) is 5.93. The predicted octanol–water partition coefficient (Wildman–Crippen LogP) is 1.89. The molecular formula is C15H26N2O4. The zero-order valence-corrected chi connectivity index (χ0v) is 12.7. The van der Waals surface area contributed by atoms with E-state index in [1.165, 1.54) is 0 Å². The summed E-state index contributed by atoms with van der Waals surface area (Å²) in [6.45, 7) is 3.59. The number of amides is 2. The van der Waals surface area contributed by atoms with Crippen molar-refractivity contribution in [3.05, 3.63) is 0 Å². The van der Waals surface area contributed by atoms with Gasteiger partial charge in [0.1, 0.15) is 0 Å². The van der Waals surface area contributed by atoms with Crippen LogP contribution in [0, 0.1) is 5.41 Å². The van der Waals surface area contributed by atoms with Crippen LogP contribution in [-0.4, -0.2) is 42.4 Å². The second-order valence-electron chi connectivity index (χ2n) is 6.80. The Bertz CT molecular complexity index is 385. The second-order valence-corrected chi connectivity index (χ2v) is 6.80. The third kappa shape index (κ3) is 4.59. The van der Waals surface area contributed by atoms with Gasteiger partial charge in [-0.25, -0.2) is 4.79 Å². The van der Waals surface area contributed by atoms with Crippen molar-refractivity contribution in [2.75, 3.05) is 19.8 Å². The lowest BCUT2D eigenvalue weighted by Gasteiger charge is -2.36. The molecule has 2 fully saturated rings. The van der Waals surface area contributed by atoms with Crippen molar-refractivity contribution in [1.82, 2.24) is 10.6 Å². The topological polar surface area (TPSA) is 87.7 Å². The van der Waals surface area contributed by atoms with Gasteiger partial charge in [-0.05, 0) is 31.6 Å². The standard InChI is InChI=1S/C15H26N2O4/c1-14(7-8-21-11-14)17-13(20)16-10-15(9-12(18)19)5-3-2-4-6-15/h2-11H2,1H3,(H,18,19)(H2,16,17,20). The Hall–Kier alpha value is -1.30. The summed E-state index contributed by atoms with van der Waals surface area (Å²) in [4.78, 5) is 23.2. The molecule has 120 valence electrons. The Morgan fingerprint density at radius 1 is 1.19 bits per heavy atom. The molecule has 0 aromatic heterocycles. The minimum Gasteiger partial charge on any atom is -0.481 e. The summed E-state index contributed by atoms with van der Waals surface area (Å²) in [6, 6.07) is -0.224. The van der Waals surface area contributed by atoms with Gasteiger partial charge in [0.15, 0.2) is 0 Å². The summed E-state index contributed by atoms with van der Waals surface area (Å²) in [7, 11) is 0. The number of carbonyl (C=O) groups is 2. The van der Waals surface area contributed by atoms with Gasteiger partial charge in [0, 0.05) is 13.2 Å². The van der Waals surface area contributed by atoms with Gasteiger partial charge >= 0.3 is 12.0 Å². The van der Waals surface area contributed by atoms with E-state index in [0.29, 0.717) is 19.8 Å². The molecule has 0 bridgehead atoms. The van der Waals surface area contributed by atoms with Gasteiger partial charge in [-0.1, -0.05) is 19.3 Å². The van der Waals surface area contributed by atoms with E-state index in [2.05, 4.69) is 10.6 Å². The quantitative estimate of drug-likeness (QED) is 0.723. The maximum absolute atomic E-state index is 12.0. The van der Waals surface area contributed by atoms with Crippen molar-refractivity contribution in [3.63, 3.8) is 0 Å². The molecule has 1 unspecified atom stereocenters. The highest BCUT2D eigenvalue weighted by Gasteiger charge is 2.36. The molecule has 0 aromatic carbocycles. The lowest BCUT2D eigenvalue weighted by molar-refractivity contribution is -0.140. The maximum atomic E-state index is 12.0. The van der Waals surface area contributed by atoms with Gasteiger partial charge in [0.05, 0.1) is 18.6 Å². The molecule has 1 saturated carbocycles. The number of urea groups is 1. The Morgan fingerprint density at radius 2 is 1.90 bits per heavy atom. The molecule has 1 saturated heterocycles. The lowest BCUT2D eigenvalue weighted by Crippen LogP contribution is -2.52. The Morgan fingerprint density at radius 3 is 2.48 bits per heavy atom. The van der Waals surface area contributed by atoms with Crippen molar-refractivity contribution >= 4 is 12.0 Å². The average Bonchev–Trinajstić information content (AvgIpc) is 2.83. The molecular weight excluding hydrogens is 272 g/mol. The van der Waals surface area contributed by atoms with E-state index in [9.17, 15) is 9.59 Å². The van der Waals surface area contributed by atoms with Gasteiger partial charge in [-0.15, -0.1) is 0 Å². The Labute approximate surface area is 125 Å². The van der Waals surface area contributed by atoms with E-state index < -0.39 is 5.97 Å². The van der Waals surface area contributed by atoms with E-state index in [-0.39, 0.29) is 23.4 Å². The van der Waals surface area contributed by atoms with Crippen molar-refractivity contribution < 1.29 is 19.4 Å². The first-order valence-electron chi connectivity index (χ1n) is 7.79. The number of hydrogen-bond acceptors (Lipinski definition) is 3. The van der Waals surface area contributed by atoms with Crippen LogP contribution in [0.3, 0.4) is 0 Å². The van der Waals surface area contributed by atoms with E-state index in [0.717, 1.165) is 38.5 Å². The summed E-state index contributed by atoms with van der Waals surface area (Å²) >= 11 is 0. The van der Waals surface area contributed by atoms with Crippen LogP contribution in [0.4, 0.5) is 4.79 Å². The first kappa shape index (κ1) is 16.1. The molecule has 3 N–H and O–H groups in total. The second kappa shape index (κ2) is 6.64. The largest absolute Gasteiger partial charge is 0.481 e. The minimum absolute atomic E-state index is 0.133. The Kier molecular flexibility index (Phi) is 5.08. The molecule has 1 heterocycles. The summed E-state index contributed by atoms with van der Waals surface area (Å²) in [5, 5.41) is 14.9. The average molecular weight is 298 g/mol. The van der Waals surface area contributed by atoms with E-state index in [4.69, 9.17) is 9.84 Å². The van der Waals surface area contributed by atoms with Gasteiger partial charge in [0.2, 0.25) is 0 Å². The maximum Gasteiger partial charge on any atom is 0.315 e. The molecule has 6 heteroatoms. The molecule has 0 aromatic rings. The van der Waals surface area contributed by atoms with Crippen LogP contribution >= 0.6 is 0 Å². The molecule has 1 atom stereocenters. The minimum atomic E-state index is -0.782. The Balaban J connectivity index is 1.85. The van der Waals surface area contributed by atoms with Crippen LogP contribution in [-0.2, 0) is 9.53 Å². The normalized spacial score (nSPS) is 28.0. The summed E-state index contributed by atoms with van der Waals surface area (Å²) in [5.74, 6) is -0.782. The van der Waals surface area contributed by atoms with Crippen molar-refractivity contribution in [1.29, 1.82) is 0 Å². The number of carboxylic acid groups (broad SMARTS) is 1. The number of carbonyl (C=O) groups excluding carboxylic acids is 1. The van der Waals surface area contributed by atoms with E-state index in [1.54, 1.807) is 0 Å². The number of hydrogen-bond donors (Lipinski definition) is 3. The van der Waals surface area contributed by atoms with Crippen molar-refractivity contribution in [3.8, 4) is 0 Å². The third-order valence-corrected chi connectivity index (χ3v) is 4.70. The van der Waals surface area contributed by atoms with Crippen LogP contribution < -0.4 is 10.6 Å². The van der Waals surface area contributed by atoms with Gasteiger partial charge < -0.3 is 20.5 Å². The number of rotatable bonds is 5. The molecule has 6 nitrogen and oxygen atoms in total. The molecule has 2 rings (SSSR count). The fourth-order valence-electron chi connectivity index (χ4n) is 3.39.